The summed E-state index contributed by atoms with van der Waals surface area (Å²) < 4.78 is 0.892. The zero-order chi connectivity index (χ0) is 13.0. The van der Waals surface area contributed by atoms with Crippen LogP contribution in [0.3, 0.4) is 0 Å². The zero-order valence-electron chi connectivity index (χ0n) is 9.35. The maximum absolute atomic E-state index is 12.0. The molecule has 0 atom stereocenters. The predicted octanol–water partition coefficient (Wildman–Crippen LogP) is 2.38. The molecule has 0 aliphatic rings. The van der Waals surface area contributed by atoms with Gasteiger partial charge in [0.05, 0.1) is 11.3 Å². The van der Waals surface area contributed by atoms with E-state index < -0.39 is 0 Å². The third-order valence-electron chi connectivity index (χ3n) is 2.30. The summed E-state index contributed by atoms with van der Waals surface area (Å²) in [5, 5.41) is 2.77. The molecule has 0 spiro atoms. The molecule has 1 amide bonds. The van der Waals surface area contributed by atoms with Crippen molar-refractivity contribution >= 4 is 33.2 Å². The van der Waals surface area contributed by atoms with Gasteiger partial charge in [-0.15, -0.1) is 0 Å². The lowest BCUT2D eigenvalue weighted by atomic mass is 10.2. The van der Waals surface area contributed by atoms with E-state index in [1.165, 1.54) is 6.20 Å². The Balaban J connectivity index is 2.22. The molecule has 0 saturated heterocycles. The lowest BCUT2D eigenvalue weighted by Crippen LogP contribution is -2.17. The fourth-order valence-corrected chi connectivity index (χ4v) is 1.87. The Morgan fingerprint density at radius 2 is 2.17 bits per heavy atom. The number of nitrogens with two attached hydrogens (primary N) is 1. The van der Waals surface area contributed by atoms with Gasteiger partial charge in [-0.2, -0.15) is 0 Å². The van der Waals surface area contributed by atoms with Crippen molar-refractivity contribution in [3.63, 3.8) is 0 Å². The second kappa shape index (κ2) is 5.61. The molecule has 6 heteroatoms. The minimum Gasteiger partial charge on any atom is -0.323 e. The molecule has 0 radical (unpaired) electrons. The van der Waals surface area contributed by atoms with Crippen LogP contribution in [0.25, 0.3) is 0 Å². The van der Waals surface area contributed by atoms with Gasteiger partial charge >= 0.3 is 0 Å². The minimum absolute atomic E-state index is 0.269. The lowest BCUT2D eigenvalue weighted by Gasteiger charge is -2.09. The van der Waals surface area contributed by atoms with Crippen molar-refractivity contribution < 1.29 is 4.79 Å². The second-order valence-corrected chi connectivity index (χ2v) is 4.45. The Hall–Kier alpha value is -1.92. The van der Waals surface area contributed by atoms with E-state index in [0.717, 1.165) is 4.47 Å². The van der Waals surface area contributed by atoms with Crippen LogP contribution in [0, 0.1) is 0 Å². The number of benzene rings is 1. The first-order valence-electron chi connectivity index (χ1n) is 5.18. The molecular weight excluding hydrogens is 296 g/mol. The van der Waals surface area contributed by atoms with Gasteiger partial charge in [0.15, 0.2) is 0 Å². The first-order valence-corrected chi connectivity index (χ1v) is 5.97. The van der Waals surface area contributed by atoms with Crippen molar-refractivity contribution in [3.8, 4) is 0 Å². The minimum atomic E-state index is -0.269. The third-order valence-corrected chi connectivity index (χ3v) is 2.80. The number of carbonyl (C=O) groups excluding carboxylic acids is 1. The summed E-state index contributed by atoms with van der Waals surface area (Å²) in [6.07, 6.45) is 3.02. The van der Waals surface area contributed by atoms with Crippen molar-refractivity contribution in [2.24, 2.45) is 5.84 Å². The molecule has 0 aliphatic heterocycles. The Kier molecular flexibility index (Phi) is 3.91. The van der Waals surface area contributed by atoms with E-state index in [1.807, 2.05) is 18.2 Å². The Labute approximate surface area is 113 Å². The SMILES string of the molecule is NNc1ccncc1C(=O)Nc1cccc(Br)c1. The highest BCUT2D eigenvalue weighted by Gasteiger charge is 2.11. The molecule has 2 rings (SSSR count). The maximum Gasteiger partial charge on any atom is 0.259 e. The Morgan fingerprint density at radius 3 is 2.89 bits per heavy atom. The van der Waals surface area contributed by atoms with Crippen molar-refractivity contribution in [1.82, 2.24) is 4.98 Å². The lowest BCUT2D eigenvalue weighted by molar-refractivity contribution is 0.102. The molecule has 0 fully saturated rings. The van der Waals surface area contributed by atoms with E-state index in [4.69, 9.17) is 5.84 Å². The average molecular weight is 307 g/mol. The fourth-order valence-electron chi connectivity index (χ4n) is 1.47. The summed E-state index contributed by atoms with van der Waals surface area (Å²) in [4.78, 5) is 16.0. The number of aromatic nitrogens is 1. The topological polar surface area (TPSA) is 80.0 Å². The Morgan fingerprint density at radius 1 is 1.33 bits per heavy atom. The first kappa shape index (κ1) is 12.5. The van der Waals surface area contributed by atoms with Crippen LogP contribution in [0.5, 0.6) is 0 Å². The van der Waals surface area contributed by atoms with Gasteiger partial charge in [0.1, 0.15) is 0 Å². The van der Waals surface area contributed by atoms with Gasteiger partial charge in [0.2, 0.25) is 0 Å². The maximum atomic E-state index is 12.0. The molecule has 0 saturated carbocycles. The van der Waals surface area contributed by atoms with Gasteiger partial charge in [0, 0.05) is 22.6 Å². The van der Waals surface area contributed by atoms with Gasteiger partial charge in [-0.05, 0) is 24.3 Å². The van der Waals surface area contributed by atoms with Gasteiger partial charge in [-0.3, -0.25) is 15.6 Å². The van der Waals surface area contributed by atoms with Crippen molar-refractivity contribution in [1.29, 1.82) is 0 Å². The van der Waals surface area contributed by atoms with E-state index in [1.54, 1.807) is 18.3 Å². The van der Waals surface area contributed by atoms with Crippen LogP contribution in [-0.2, 0) is 0 Å². The smallest absolute Gasteiger partial charge is 0.259 e. The largest absolute Gasteiger partial charge is 0.323 e. The molecule has 4 N–H and O–H groups in total. The van der Waals surface area contributed by atoms with E-state index in [9.17, 15) is 4.79 Å². The van der Waals surface area contributed by atoms with Gasteiger partial charge in [-0.25, -0.2) is 0 Å². The quantitative estimate of drug-likeness (QED) is 0.601. The number of hydrogen-bond donors (Lipinski definition) is 3. The van der Waals surface area contributed by atoms with E-state index in [2.05, 4.69) is 31.7 Å². The van der Waals surface area contributed by atoms with Crippen molar-refractivity contribution in [3.05, 3.63) is 52.8 Å². The standard InChI is InChI=1S/C12H11BrN4O/c13-8-2-1-3-9(6-8)16-12(18)10-7-15-5-4-11(10)17-14/h1-7H,14H2,(H,15,17)(H,16,18). The van der Waals surface area contributed by atoms with Gasteiger partial charge < -0.3 is 10.7 Å². The van der Waals surface area contributed by atoms with Crippen LogP contribution >= 0.6 is 15.9 Å². The third kappa shape index (κ3) is 2.85. The summed E-state index contributed by atoms with van der Waals surface area (Å²) >= 11 is 3.34. The van der Waals surface area contributed by atoms with E-state index in [-0.39, 0.29) is 5.91 Å². The van der Waals surface area contributed by atoms with Gasteiger partial charge in [0.25, 0.3) is 5.91 Å². The van der Waals surface area contributed by atoms with Crippen LogP contribution in [-0.4, -0.2) is 10.9 Å². The Bertz CT molecular complexity index is 574. The molecule has 18 heavy (non-hydrogen) atoms. The first-order chi connectivity index (χ1) is 8.70. The zero-order valence-corrected chi connectivity index (χ0v) is 10.9. The monoisotopic (exact) mass is 306 g/mol. The highest BCUT2D eigenvalue weighted by molar-refractivity contribution is 9.10. The van der Waals surface area contributed by atoms with Crippen LogP contribution in [0.4, 0.5) is 11.4 Å². The summed E-state index contributed by atoms with van der Waals surface area (Å²) in [7, 11) is 0. The summed E-state index contributed by atoms with van der Waals surface area (Å²) in [5.74, 6) is 5.07. The summed E-state index contributed by atoms with van der Waals surface area (Å²) in [6, 6.07) is 8.96. The summed E-state index contributed by atoms with van der Waals surface area (Å²) in [6.45, 7) is 0. The van der Waals surface area contributed by atoms with Crippen LogP contribution in [0.15, 0.2) is 47.2 Å². The molecular formula is C12H11BrN4O. The average Bonchev–Trinajstić information content (AvgIpc) is 2.38. The molecule has 5 nitrogen and oxygen atoms in total. The highest BCUT2D eigenvalue weighted by Crippen LogP contribution is 2.18. The number of rotatable bonds is 3. The number of halogens is 1. The van der Waals surface area contributed by atoms with Gasteiger partial charge in [-0.1, -0.05) is 22.0 Å². The molecule has 1 heterocycles. The number of amides is 1. The predicted molar refractivity (Wildman–Crippen MR) is 74.1 cm³/mol. The molecule has 0 unspecified atom stereocenters. The van der Waals surface area contributed by atoms with Crippen LogP contribution < -0.4 is 16.6 Å². The molecule has 2 aromatic rings. The number of nitrogens with one attached hydrogen (secondary N) is 2. The van der Waals surface area contributed by atoms with Crippen molar-refractivity contribution in [2.75, 3.05) is 10.7 Å². The second-order valence-electron chi connectivity index (χ2n) is 3.53. The van der Waals surface area contributed by atoms with Crippen LogP contribution in [0.2, 0.25) is 0 Å². The molecule has 1 aromatic carbocycles. The molecule has 92 valence electrons. The number of carbonyl (C=O) groups is 1. The van der Waals surface area contributed by atoms with E-state index >= 15 is 0 Å². The molecule has 0 bridgehead atoms. The fraction of sp³-hybridized carbons (Fsp3) is 0. The number of nitrogen functional groups attached to an aromatic ring is 1. The normalized spacial score (nSPS) is 9.89. The molecule has 1 aromatic heterocycles. The number of pyridine rings is 1. The van der Waals surface area contributed by atoms with Crippen LogP contribution in [0.1, 0.15) is 10.4 Å². The van der Waals surface area contributed by atoms with E-state index in [0.29, 0.717) is 16.9 Å². The number of anilines is 2. The number of nitrogens with zero attached hydrogens (tertiary/aromatic N) is 1. The number of hydrazine groups is 1. The number of hydrogen-bond acceptors (Lipinski definition) is 4. The highest BCUT2D eigenvalue weighted by atomic mass is 79.9. The summed E-state index contributed by atoms with van der Waals surface area (Å²) in [5.41, 5.74) is 4.07. The van der Waals surface area contributed by atoms with Crippen molar-refractivity contribution in [2.45, 2.75) is 0 Å². The molecule has 0 aliphatic carbocycles.